The number of likely N-dealkylation sites (N-methyl/N-ethyl adjacent to an activating group) is 1. The number of hydrogen-bond donors (Lipinski definition) is 2. The van der Waals surface area contributed by atoms with E-state index in [1.165, 1.54) is 32.1 Å². The van der Waals surface area contributed by atoms with Crippen molar-refractivity contribution in [2.45, 2.75) is 44.6 Å². The standard InChI is InChI=1S/C13H25N3O.ClH/c1-2-15-12(17)10-16-9-8-14-11-13(16)6-4-3-5-7-13;/h14H,2-11H2,1H3,(H,15,17);1H. The summed E-state index contributed by atoms with van der Waals surface area (Å²) in [5, 5.41) is 6.42. The van der Waals surface area contributed by atoms with E-state index in [1.54, 1.807) is 0 Å². The first-order valence-electron chi connectivity index (χ1n) is 6.99. The second-order valence-electron chi connectivity index (χ2n) is 5.34. The first-order chi connectivity index (χ1) is 8.27. The molecule has 1 amide bonds. The summed E-state index contributed by atoms with van der Waals surface area (Å²) < 4.78 is 0. The molecule has 2 N–H and O–H groups in total. The minimum absolute atomic E-state index is 0. The molecular formula is C13H26ClN3O. The molecule has 0 atom stereocenters. The molecule has 1 spiro atoms. The molecule has 0 aromatic carbocycles. The van der Waals surface area contributed by atoms with Crippen molar-refractivity contribution in [3.05, 3.63) is 0 Å². The number of nitrogens with one attached hydrogen (secondary N) is 2. The number of amides is 1. The zero-order valence-corrected chi connectivity index (χ0v) is 12.2. The van der Waals surface area contributed by atoms with Crippen molar-refractivity contribution in [2.24, 2.45) is 0 Å². The van der Waals surface area contributed by atoms with E-state index in [9.17, 15) is 4.79 Å². The van der Waals surface area contributed by atoms with Crippen LogP contribution in [0, 0.1) is 0 Å². The summed E-state index contributed by atoms with van der Waals surface area (Å²) in [6, 6.07) is 0. The molecule has 0 aromatic rings. The second kappa shape index (κ2) is 7.31. The summed E-state index contributed by atoms with van der Waals surface area (Å²) >= 11 is 0. The van der Waals surface area contributed by atoms with Crippen LogP contribution in [0.3, 0.4) is 0 Å². The van der Waals surface area contributed by atoms with Gasteiger partial charge in [-0.25, -0.2) is 0 Å². The molecule has 0 bridgehead atoms. The van der Waals surface area contributed by atoms with Gasteiger partial charge in [-0.05, 0) is 19.8 Å². The fraction of sp³-hybridized carbons (Fsp3) is 0.923. The molecule has 0 aromatic heterocycles. The van der Waals surface area contributed by atoms with Crippen LogP contribution < -0.4 is 10.6 Å². The molecule has 0 unspecified atom stereocenters. The minimum atomic E-state index is 0. The number of halogens is 1. The smallest absolute Gasteiger partial charge is 0.234 e. The maximum absolute atomic E-state index is 11.8. The fourth-order valence-electron chi connectivity index (χ4n) is 3.26. The zero-order valence-electron chi connectivity index (χ0n) is 11.3. The lowest BCUT2D eigenvalue weighted by atomic mass is 9.79. The highest BCUT2D eigenvalue weighted by Gasteiger charge is 2.40. The van der Waals surface area contributed by atoms with Crippen LogP contribution in [0.15, 0.2) is 0 Å². The number of hydrogen-bond acceptors (Lipinski definition) is 3. The average molecular weight is 276 g/mol. The molecule has 4 nitrogen and oxygen atoms in total. The van der Waals surface area contributed by atoms with E-state index in [4.69, 9.17) is 0 Å². The van der Waals surface area contributed by atoms with Crippen molar-refractivity contribution in [3.63, 3.8) is 0 Å². The van der Waals surface area contributed by atoms with E-state index in [0.29, 0.717) is 6.54 Å². The van der Waals surface area contributed by atoms with E-state index in [1.807, 2.05) is 6.92 Å². The third-order valence-electron chi connectivity index (χ3n) is 4.18. The summed E-state index contributed by atoms with van der Waals surface area (Å²) in [6.07, 6.45) is 6.48. The van der Waals surface area contributed by atoms with Gasteiger partial charge in [0.2, 0.25) is 5.91 Å². The fourth-order valence-corrected chi connectivity index (χ4v) is 3.26. The lowest BCUT2D eigenvalue weighted by molar-refractivity contribution is -0.124. The molecule has 1 heterocycles. The van der Waals surface area contributed by atoms with Crippen LogP contribution in [-0.4, -0.2) is 49.1 Å². The molecule has 2 fully saturated rings. The van der Waals surface area contributed by atoms with Crippen LogP contribution in [0.1, 0.15) is 39.0 Å². The summed E-state index contributed by atoms with van der Waals surface area (Å²) in [5.41, 5.74) is 0.265. The maximum atomic E-state index is 11.8. The molecule has 2 aliphatic rings. The van der Waals surface area contributed by atoms with Gasteiger partial charge in [-0.3, -0.25) is 9.69 Å². The van der Waals surface area contributed by atoms with E-state index >= 15 is 0 Å². The van der Waals surface area contributed by atoms with E-state index < -0.39 is 0 Å². The Morgan fingerprint density at radius 3 is 2.72 bits per heavy atom. The van der Waals surface area contributed by atoms with Crippen molar-refractivity contribution in [1.29, 1.82) is 0 Å². The van der Waals surface area contributed by atoms with E-state index in [-0.39, 0.29) is 23.9 Å². The molecule has 2 rings (SSSR count). The molecule has 1 saturated heterocycles. The van der Waals surface area contributed by atoms with Crippen molar-refractivity contribution in [1.82, 2.24) is 15.5 Å². The van der Waals surface area contributed by atoms with Crippen molar-refractivity contribution < 1.29 is 4.79 Å². The number of nitrogens with zero attached hydrogens (tertiary/aromatic N) is 1. The maximum Gasteiger partial charge on any atom is 0.234 e. The molecule has 106 valence electrons. The van der Waals surface area contributed by atoms with Crippen LogP contribution in [0.25, 0.3) is 0 Å². The Hall–Kier alpha value is -0.320. The number of rotatable bonds is 3. The Bertz CT molecular complexity index is 259. The second-order valence-corrected chi connectivity index (χ2v) is 5.34. The van der Waals surface area contributed by atoms with Gasteiger partial charge in [-0.2, -0.15) is 0 Å². The third-order valence-corrected chi connectivity index (χ3v) is 4.18. The number of piperazine rings is 1. The zero-order chi connectivity index (χ0) is 12.1. The predicted octanol–water partition coefficient (Wildman–Crippen LogP) is 1.15. The van der Waals surface area contributed by atoms with Gasteiger partial charge in [0.05, 0.1) is 6.54 Å². The molecular weight excluding hydrogens is 250 g/mol. The Labute approximate surface area is 116 Å². The number of carbonyl (C=O) groups excluding carboxylic acids is 1. The van der Waals surface area contributed by atoms with Gasteiger partial charge >= 0.3 is 0 Å². The van der Waals surface area contributed by atoms with Crippen molar-refractivity contribution in [2.75, 3.05) is 32.7 Å². The van der Waals surface area contributed by atoms with Crippen LogP contribution in [0.4, 0.5) is 0 Å². The average Bonchev–Trinajstić information content (AvgIpc) is 2.34. The van der Waals surface area contributed by atoms with Gasteiger partial charge in [0.25, 0.3) is 0 Å². The monoisotopic (exact) mass is 275 g/mol. The van der Waals surface area contributed by atoms with Gasteiger partial charge < -0.3 is 10.6 Å². The van der Waals surface area contributed by atoms with Gasteiger partial charge in [-0.15, -0.1) is 12.4 Å². The predicted molar refractivity (Wildman–Crippen MR) is 76.2 cm³/mol. The molecule has 1 aliphatic heterocycles. The topological polar surface area (TPSA) is 44.4 Å². The normalized spacial score (nSPS) is 23.4. The Morgan fingerprint density at radius 1 is 1.33 bits per heavy atom. The van der Waals surface area contributed by atoms with Crippen LogP contribution >= 0.6 is 12.4 Å². The van der Waals surface area contributed by atoms with Crippen molar-refractivity contribution >= 4 is 18.3 Å². The Morgan fingerprint density at radius 2 is 2.06 bits per heavy atom. The van der Waals surface area contributed by atoms with Gasteiger partial charge in [0, 0.05) is 31.7 Å². The van der Waals surface area contributed by atoms with Crippen LogP contribution in [0.2, 0.25) is 0 Å². The lowest BCUT2D eigenvalue weighted by Gasteiger charge is -2.49. The third kappa shape index (κ3) is 3.59. The summed E-state index contributed by atoms with van der Waals surface area (Å²) in [6.45, 7) is 6.38. The summed E-state index contributed by atoms with van der Waals surface area (Å²) in [4.78, 5) is 14.2. The Kier molecular flexibility index (Phi) is 6.39. The summed E-state index contributed by atoms with van der Waals surface area (Å²) in [5.74, 6) is 0.180. The SMILES string of the molecule is CCNC(=O)CN1CCNCC12CCCCC2.Cl. The highest BCUT2D eigenvalue weighted by molar-refractivity contribution is 5.85. The quantitative estimate of drug-likeness (QED) is 0.812. The van der Waals surface area contributed by atoms with Crippen LogP contribution in [-0.2, 0) is 4.79 Å². The molecule has 1 saturated carbocycles. The molecule has 0 radical (unpaired) electrons. The minimum Gasteiger partial charge on any atom is -0.355 e. The van der Waals surface area contributed by atoms with Gasteiger partial charge in [0.1, 0.15) is 0 Å². The Balaban J connectivity index is 0.00000162. The van der Waals surface area contributed by atoms with E-state index in [0.717, 1.165) is 26.2 Å². The molecule has 1 aliphatic carbocycles. The molecule has 5 heteroatoms. The highest BCUT2D eigenvalue weighted by Crippen LogP contribution is 2.34. The van der Waals surface area contributed by atoms with Crippen LogP contribution in [0.5, 0.6) is 0 Å². The lowest BCUT2D eigenvalue weighted by Crippen LogP contribution is -2.63. The number of carbonyl (C=O) groups is 1. The highest BCUT2D eigenvalue weighted by atomic mass is 35.5. The molecule has 18 heavy (non-hydrogen) atoms. The van der Waals surface area contributed by atoms with Gasteiger partial charge in [0.15, 0.2) is 0 Å². The first kappa shape index (κ1) is 15.7. The van der Waals surface area contributed by atoms with E-state index in [2.05, 4.69) is 15.5 Å². The largest absolute Gasteiger partial charge is 0.355 e. The first-order valence-corrected chi connectivity index (χ1v) is 6.99. The van der Waals surface area contributed by atoms with Gasteiger partial charge in [-0.1, -0.05) is 19.3 Å². The summed E-state index contributed by atoms with van der Waals surface area (Å²) in [7, 11) is 0. The van der Waals surface area contributed by atoms with Crippen molar-refractivity contribution in [3.8, 4) is 0 Å².